The number of nitrogens with one attached hydrogen (secondary N) is 1. The van der Waals surface area contributed by atoms with Crippen LogP contribution in [0.5, 0.6) is 0 Å². The first kappa shape index (κ1) is 15.3. The third kappa shape index (κ3) is 3.72. The molecule has 2 amide bonds. The lowest BCUT2D eigenvalue weighted by molar-refractivity contribution is -0.139. The van der Waals surface area contributed by atoms with E-state index in [1.165, 1.54) is 6.42 Å². The van der Waals surface area contributed by atoms with Crippen LogP contribution in [0.3, 0.4) is 0 Å². The zero-order valence-corrected chi connectivity index (χ0v) is 12.3. The molecule has 5 nitrogen and oxygen atoms in total. The van der Waals surface area contributed by atoms with Crippen molar-refractivity contribution >= 4 is 11.8 Å². The summed E-state index contributed by atoms with van der Waals surface area (Å²) in [7, 11) is 0. The average molecular weight is 282 g/mol. The van der Waals surface area contributed by atoms with Crippen LogP contribution in [0.1, 0.15) is 51.9 Å². The number of hydrogen-bond acceptors (Lipinski definition) is 3. The highest BCUT2D eigenvalue weighted by Crippen LogP contribution is 2.27. The Kier molecular flexibility index (Phi) is 5.40. The van der Waals surface area contributed by atoms with Crippen molar-refractivity contribution in [2.75, 3.05) is 13.1 Å². The van der Waals surface area contributed by atoms with Crippen LogP contribution in [0.2, 0.25) is 0 Å². The Morgan fingerprint density at radius 2 is 1.90 bits per heavy atom. The number of carbonyl (C=O) groups excluding carboxylic acids is 2. The lowest BCUT2D eigenvalue weighted by atomic mass is 9.82. The van der Waals surface area contributed by atoms with E-state index in [1.807, 2.05) is 4.90 Å². The van der Waals surface area contributed by atoms with Crippen molar-refractivity contribution in [2.24, 2.45) is 5.92 Å². The van der Waals surface area contributed by atoms with Crippen LogP contribution in [0.15, 0.2) is 0 Å². The molecular weight excluding hydrogens is 256 g/mol. The van der Waals surface area contributed by atoms with Gasteiger partial charge in [-0.1, -0.05) is 6.92 Å². The van der Waals surface area contributed by atoms with Crippen LogP contribution in [0.25, 0.3) is 0 Å². The molecule has 0 aromatic carbocycles. The van der Waals surface area contributed by atoms with E-state index in [1.54, 1.807) is 6.92 Å². The van der Waals surface area contributed by atoms with Crippen LogP contribution in [0, 0.1) is 5.92 Å². The molecule has 1 saturated carbocycles. The van der Waals surface area contributed by atoms with Crippen LogP contribution in [0.4, 0.5) is 0 Å². The minimum atomic E-state index is -0.599. The quantitative estimate of drug-likeness (QED) is 0.813. The van der Waals surface area contributed by atoms with Crippen molar-refractivity contribution in [1.29, 1.82) is 0 Å². The molecule has 1 heterocycles. The number of rotatable bonds is 3. The maximum atomic E-state index is 12.4. The second kappa shape index (κ2) is 7.07. The number of aliphatic hydroxyl groups is 1. The van der Waals surface area contributed by atoms with Crippen LogP contribution in [-0.4, -0.2) is 47.1 Å². The number of amides is 2. The summed E-state index contributed by atoms with van der Waals surface area (Å²) in [5.74, 6) is 0.0942. The highest BCUT2D eigenvalue weighted by Gasteiger charge is 2.35. The van der Waals surface area contributed by atoms with Crippen molar-refractivity contribution < 1.29 is 14.7 Å². The first-order valence-electron chi connectivity index (χ1n) is 7.88. The molecule has 0 bridgehead atoms. The standard InChI is InChI=1S/C15H26N2O3/c1-2-14(19)16-12-7-6-11(10-13(12)18)15(20)17-8-4-3-5-9-17/h11-13,18H,2-10H2,1H3,(H,16,19)/t11-,12-,13-/m0/s1. The first-order valence-corrected chi connectivity index (χ1v) is 7.88. The second-order valence-electron chi connectivity index (χ2n) is 5.99. The van der Waals surface area contributed by atoms with Crippen LogP contribution in [-0.2, 0) is 9.59 Å². The Hall–Kier alpha value is -1.10. The minimum absolute atomic E-state index is 0.0325. The van der Waals surface area contributed by atoms with E-state index in [4.69, 9.17) is 0 Å². The largest absolute Gasteiger partial charge is 0.391 e. The first-order chi connectivity index (χ1) is 9.61. The Bertz CT molecular complexity index is 353. The van der Waals surface area contributed by atoms with Crippen molar-refractivity contribution in [2.45, 2.75) is 64.0 Å². The second-order valence-corrected chi connectivity index (χ2v) is 5.99. The highest BCUT2D eigenvalue weighted by atomic mass is 16.3. The zero-order chi connectivity index (χ0) is 14.5. The number of carbonyl (C=O) groups is 2. The zero-order valence-electron chi connectivity index (χ0n) is 12.3. The fraction of sp³-hybridized carbons (Fsp3) is 0.867. The monoisotopic (exact) mass is 282 g/mol. The molecule has 1 saturated heterocycles. The molecule has 2 aliphatic rings. The SMILES string of the molecule is CCC(=O)N[C@H]1CC[C@H](C(=O)N2CCCCC2)C[C@@H]1O. The van der Waals surface area contributed by atoms with Gasteiger partial charge in [0.15, 0.2) is 0 Å². The lowest BCUT2D eigenvalue weighted by Gasteiger charge is -2.36. The summed E-state index contributed by atoms with van der Waals surface area (Å²) >= 11 is 0. The molecule has 2 fully saturated rings. The summed E-state index contributed by atoms with van der Waals surface area (Å²) in [6, 6.07) is -0.187. The Balaban J connectivity index is 1.84. The molecule has 20 heavy (non-hydrogen) atoms. The third-order valence-corrected chi connectivity index (χ3v) is 4.50. The van der Waals surface area contributed by atoms with Gasteiger partial charge in [-0.3, -0.25) is 9.59 Å². The number of hydrogen-bond donors (Lipinski definition) is 2. The third-order valence-electron chi connectivity index (χ3n) is 4.50. The van der Waals surface area contributed by atoms with E-state index >= 15 is 0 Å². The van der Waals surface area contributed by atoms with Crippen molar-refractivity contribution in [1.82, 2.24) is 10.2 Å². The molecule has 0 unspecified atom stereocenters. The van der Waals surface area contributed by atoms with Gasteiger partial charge in [-0.15, -0.1) is 0 Å². The minimum Gasteiger partial charge on any atom is -0.391 e. The van der Waals surface area contributed by atoms with E-state index in [2.05, 4.69) is 5.32 Å². The average Bonchev–Trinajstić information content (AvgIpc) is 2.49. The van der Waals surface area contributed by atoms with E-state index < -0.39 is 6.10 Å². The van der Waals surface area contributed by atoms with E-state index in [0.29, 0.717) is 19.3 Å². The van der Waals surface area contributed by atoms with Crippen LogP contribution < -0.4 is 5.32 Å². The van der Waals surface area contributed by atoms with Gasteiger partial charge in [0.05, 0.1) is 12.1 Å². The Morgan fingerprint density at radius 3 is 2.50 bits per heavy atom. The summed E-state index contributed by atoms with van der Waals surface area (Å²) in [5, 5.41) is 13.0. The van der Waals surface area contributed by atoms with Gasteiger partial charge in [0.25, 0.3) is 0 Å². The molecule has 0 aromatic heterocycles. The molecule has 114 valence electrons. The molecule has 2 rings (SSSR count). The van der Waals surface area contributed by atoms with Gasteiger partial charge in [0.2, 0.25) is 11.8 Å². The van der Waals surface area contributed by atoms with E-state index in [0.717, 1.165) is 32.4 Å². The predicted octanol–water partition coefficient (Wildman–Crippen LogP) is 1.05. The number of piperidine rings is 1. The molecule has 0 radical (unpaired) electrons. The molecule has 1 aliphatic carbocycles. The normalized spacial score (nSPS) is 30.9. The van der Waals surface area contributed by atoms with E-state index in [9.17, 15) is 14.7 Å². The molecule has 2 N–H and O–H groups in total. The van der Waals surface area contributed by atoms with Crippen molar-refractivity contribution in [3.8, 4) is 0 Å². The summed E-state index contributed by atoms with van der Waals surface area (Å²) < 4.78 is 0. The van der Waals surface area contributed by atoms with Gasteiger partial charge < -0.3 is 15.3 Å². The number of aliphatic hydroxyl groups excluding tert-OH is 1. The fourth-order valence-corrected chi connectivity index (χ4v) is 3.22. The van der Waals surface area contributed by atoms with Gasteiger partial charge in [0.1, 0.15) is 0 Å². The van der Waals surface area contributed by atoms with Gasteiger partial charge in [-0.25, -0.2) is 0 Å². The molecule has 0 aromatic rings. The van der Waals surface area contributed by atoms with Crippen molar-refractivity contribution in [3.05, 3.63) is 0 Å². The Morgan fingerprint density at radius 1 is 1.20 bits per heavy atom. The van der Waals surface area contributed by atoms with Gasteiger partial charge >= 0.3 is 0 Å². The summed E-state index contributed by atoms with van der Waals surface area (Å²) in [5.41, 5.74) is 0. The maximum absolute atomic E-state index is 12.4. The topological polar surface area (TPSA) is 69.6 Å². The maximum Gasteiger partial charge on any atom is 0.225 e. The number of nitrogens with zero attached hydrogens (tertiary/aromatic N) is 1. The highest BCUT2D eigenvalue weighted by molar-refractivity contribution is 5.79. The predicted molar refractivity (Wildman–Crippen MR) is 76.0 cm³/mol. The van der Waals surface area contributed by atoms with Gasteiger partial charge in [-0.05, 0) is 38.5 Å². The van der Waals surface area contributed by atoms with Gasteiger partial charge in [0, 0.05) is 25.4 Å². The van der Waals surface area contributed by atoms with E-state index in [-0.39, 0.29) is 23.8 Å². The molecule has 0 spiro atoms. The fourth-order valence-electron chi connectivity index (χ4n) is 3.22. The lowest BCUT2D eigenvalue weighted by Crippen LogP contribution is -2.50. The van der Waals surface area contributed by atoms with Crippen molar-refractivity contribution in [3.63, 3.8) is 0 Å². The molecule has 1 aliphatic heterocycles. The molecular formula is C15H26N2O3. The number of likely N-dealkylation sites (tertiary alicyclic amines) is 1. The van der Waals surface area contributed by atoms with Crippen LogP contribution >= 0.6 is 0 Å². The molecule has 5 heteroatoms. The summed E-state index contributed by atoms with van der Waals surface area (Å²) in [6.07, 6.45) is 5.16. The summed E-state index contributed by atoms with van der Waals surface area (Å²) in [6.45, 7) is 3.52. The summed E-state index contributed by atoms with van der Waals surface area (Å²) in [4.78, 5) is 25.8. The molecule has 3 atom stereocenters. The Labute approximate surface area is 120 Å². The van der Waals surface area contributed by atoms with Gasteiger partial charge in [-0.2, -0.15) is 0 Å². The smallest absolute Gasteiger partial charge is 0.225 e.